The summed E-state index contributed by atoms with van der Waals surface area (Å²) in [5.74, 6) is 0.746. The molecule has 1 N–H and O–H groups in total. The number of rotatable bonds is 3. The lowest BCUT2D eigenvalue weighted by Crippen LogP contribution is -2.34. The van der Waals surface area contributed by atoms with Crippen molar-refractivity contribution in [2.45, 2.75) is 51.2 Å². The minimum atomic E-state index is -4.02. The molecule has 1 saturated carbocycles. The summed E-state index contributed by atoms with van der Waals surface area (Å²) >= 11 is 0. The third-order valence-electron chi connectivity index (χ3n) is 2.86. The van der Waals surface area contributed by atoms with Crippen molar-refractivity contribution >= 4 is 0 Å². The van der Waals surface area contributed by atoms with Gasteiger partial charge in [0, 0.05) is 12.6 Å². The van der Waals surface area contributed by atoms with Gasteiger partial charge >= 0.3 is 6.18 Å². The minimum absolute atomic E-state index is 0.0720. The maximum absolute atomic E-state index is 11.8. The first kappa shape index (κ1) is 11.8. The van der Waals surface area contributed by atoms with E-state index in [0.717, 1.165) is 31.6 Å². The quantitative estimate of drug-likeness (QED) is 0.753. The Bertz CT molecular complexity index is 159. The largest absolute Gasteiger partial charge is 0.390 e. The molecule has 14 heavy (non-hydrogen) atoms. The Labute approximate surface area is 83.1 Å². The molecule has 0 aromatic heterocycles. The first-order chi connectivity index (χ1) is 6.47. The normalized spacial score (nSPS) is 29.1. The van der Waals surface area contributed by atoms with E-state index < -0.39 is 12.6 Å². The van der Waals surface area contributed by atoms with Crippen molar-refractivity contribution in [2.24, 2.45) is 5.92 Å². The lowest BCUT2D eigenvalue weighted by molar-refractivity contribution is -0.133. The molecule has 1 aliphatic carbocycles. The molecule has 4 heteroatoms. The van der Waals surface area contributed by atoms with Crippen molar-refractivity contribution in [3.05, 3.63) is 0 Å². The molecular weight excluding hydrogens is 191 g/mol. The molecule has 0 aromatic carbocycles. The molecule has 0 unspecified atom stereocenters. The van der Waals surface area contributed by atoms with E-state index in [9.17, 15) is 13.2 Å². The molecule has 0 atom stereocenters. The van der Waals surface area contributed by atoms with Gasteiger partial charge in [0.25, 0.3) is 0 Å². The Kier molecular flexibility index (Phi) is 4.23. The summed E-state index contributed by atoms with van der Waals surface area (Å²) < 4.78 is 35.5. The fraction of sp³-hybridized carbons (Fsp3) is 1.00. The predicted octanol–water partition coefficient (Wildman–Crippen LogP) is 3.11. The van der Waals surface area contributed by atoms with E-state index in [0.29, 0.717) is 6.04 Å². The van der Waals surface area contributed by atoms with Gasteiger partial charge in [-0.2, -0.15) is 13.2 Å². The zero-order valence-electron chi connectivity index (χ0n) is 8.53. The van der Waals surface area contributed by atoms with Crippen LogP contribution in [0.15, 0.2) is 0 Å². The van der Waals surface area contributed by atoms with Crippen LogP contribution in [-0.2, 0) is 0 Å². The fourth-order valence-corrected chi connectivity index (χ4v) is 1.88. The highest BCUT2D eigenvalue weighted by atomic mass is 19.4. The molecule has 0 heterocycles. The number of halogens is 3. The second kappa shape index (κ2) is 5.01. The van der Waals surface area contributed by atoms with Crippen LogP contribution in [0.25, 0.3) is 0 Å². The highest BCUT2D eigenvalue weighted by Crippen LogP contribution is 2.24. The Hall–Kier alpha value is -0.250. The van der Waals surface area contributed by atoms with Gasteiger partial charge in [-0.25, -0.2) is 0 Å². The summed E-state index contributed by atoms with van der Waals surface area (Å²) in [4.78, 5) is 0. The van der Waals surface area contributed by atoms with E-state index in [2.05, 4.69) is 12.2 Å². The summed E-state index contributed by atoms with van der Waals surface area (Å²) in [6.07, 6.45) is -0.389. The Morgan fingerprint density at radius 2 is 1.71 bits per heavy atom. The van der Waals surface area contributed by atoms with Crippen LogP contribution in [-0.4, -0.2) is 18.8 Å². The standard InChI is InChI=1S/C10H18F3N/c1-8-2-4-9(5-3-8)14-7-6-10(11,12)13/h8-9,14H,2-7H2,1H3. The fourth-order valence-electron chi connectivity index (χ4n) is 1.88. The van der Waals surface area contributed by atoms with Gasteiger partial charge in [-0.15, -0.1) is 0 Å². The van der Waals surface area contributed by atoms with Crippen LogP contribution in [0.4, 0.5) is 13.2 Å². The van der Waals surface area contributed by atoms with Crippen molar-refractivity contribution < 1.29 is 13.2 Å². The molecule has 0 saturated heterocycles. The van der Waals surface area contributed by atoms with E-state index >= 15 is 0 Å². The Balaban J connectivity index is 2.08. The van der Waals surface area contributed by atoms with Gasteiger partial charge in [0.05, 0.1) is 6.42 Å². The van der Waals surface area contributed by atoms with Crippen LogP contribution >= 0.6 is 0 Å². The molecule has 0 aromatic rings. The van der Waals surface area contributed by atoms with Crippen LogP contribution in [0.5, 0.6) is 0 Å². The topological polar surface area (TPSA) is 12.0 Å². The second-order valence-electron chi connectivity index (χ2n) is 4.28. The Morgan fingerprint density at radius 1 is 1.14 bits per heavy atom. The summed E-state index contributed by atoms with van der Waals surface area (Å²) in [6.45, 7) is 2.27. The Morgan fingerprint density at radius 3 is 2.21 bits per heavy atom. The smallest absolute Gasteiger partial charge is 0.314 e. The summed E-state index contributed by atoms with van der Waals surface area (Å²) in [5.41, 5.74) is 0. The molecule has 0 radical (unpaired) electrons. The summed E-state index contributed by atoms with van der Waals surface area (Å²) in [6, 6.07) is 0.313. The van der Waals surface area contributed by atoms with Crippen molar-refractivity contribution in [1.29, 1.82) is 0 Å². The van der Waals surface area contributed by atoms with Crippen molar-refractivity contribution in [2.75, 3.05) is 6.54 Å². The average Bonchev–Trinajstić information content (AvgIpc) is 2.06. The van der Waals surface area contributed by atoms with Gasteiger partial charge in [-0.1, -0.05) is 6.92 Å². The summed E-state index contributed by atoms with van der Waals surface area (Å²) in [5, 5.41) is 2.98. The number of hydrogen-bond donors (Lipinski definition) is 1. The van der Waals surface area contributed by atoms with Crippen LogP contribution < -0.4 is 5.32 Å². The maximum atomic E-state index is 11.8. The molecule has 0 spiro atoms. The molecule has 1 nitrogen and oxygen atoms in total. The van der Waals surface area contributed by atoms with Crippen molar-refractivity contribution in [3.63, 3.8) is 0 Å². The molecule has 0 amide bonds. The van der Waals surface area contributed by atoms with Gasteiger partial charge in [0.2, 0.25) is 0 Å². The lowest BCUT2D eigenvalue weighted by atomic mass is 9.87. The third-order valence-corrected chi connectivity index (χ3v) is 2.86. The van der Waals surface area contributed by atoms with Gasteiger partial charge in [-0.05, 0) is 31.6 Å². The van der Waals surface area contributed by atoms with E-state index in [4.69, 9.17) is 0 Å². The first-order valence-corrected chi connectivity index (χ1v) is 5.27. The minimum Gasteiger partial charge on any atom is -0.314 e. The van der Waals surface area contributed by atoms with Crippen LogP contribution in [0.1, 0.15) is 39.0 Å². The highest BCUT2D eigenvalue weighted by molar-refractivity contribution is 4.75. The van der Waals surface area contributed by atoms with E-state index in [1.807, 2.05) is 0 Å². The van der Waals surface area contributed by atoms with Gasteiger partial charge in [0.15, 0.2) is 0 Å². The van der Waals surface area contributed by atoms with Gasteiger partial charge < -0.3 is 5.32 Å². The van der Waals surface area contributed by atoms with Crippen LogP contribution in [0, 0.1) is 5.92 Å². The zero-order valence-corrected chi connectivity index (χ0v) is 8.53. The molecule has 0 bridgehead atoms. The lowest BCUT2D eigenvalue weighted by Gasteiger charge is -2.27. The van der Waals surface area contributed by atoms with Gasteiger partial charge in [-0.3, -0.25) is 0 Å². The molecule has 0 aliphatic heterocycles. The monoisotopic (exact) mass is 209 g/mol. The van der Waals surface area contributed by atoms with E-state index in [-0.39, 0.29) is 6.54 Å². The molecule has 1 fully saturated rings. The highest BCUT2D eigenvalue weighted by Gasteiger charge is 2.27. The maximum Gasteiger partial charge on any atom is 0.390 e. The van der Waals surface area contributed by atoms with Crippen LogP contribution in [0.2, 0.25) is 0 Å². The zero-order chi connectivity index (χ0) is 10.6. The number of nitrogens with one attached hydrogen (secondary N) is 1. The molecular formula is C10H18F3N. The summed E-state index contributed by atoms with van der Waals surface area (Å²) in [7, 11) is 0. The number of alkyl halides is 3. The third kappa shape index (κ3) is 4.84. The predicted molar refractivity (Wildman–Crippen MR) is 50.1 cm³/mol. The number of hydrogen-bond acceptors (Lipinski definition) is 1. The van der Waals surface area contributed by atoms with Crippen molar-refractivity contribution in [3.8, 4) is 0 Å². The molecule has 84 valence electrons. The van der Waals surface area contributed by atoms with E-state index in [1.54, 1.807) is 0 Å². The average molecular weight is 209 g/mol. The first-order valence-electron chi connectivity index (χ1n) is 5.27. The second-order valence-corrected chi connectivity index (χ2v) is 4.28. The van der Waals surface area contributed by atoms with Gasteiger partial charge in [0.1, 0.15) is 0 Å². The van der Waals surface area contributed by atoms with Crippen molar-refractivity contribution in [1.82, 2.24) is 5.32 Å². The van der Waals surface area contributed by atoms with Crippen LogP contribution in [0.3, 0.4) is 0 Å². The SMILES string of the molecule is CC1CCC(NCCC(F)(F)F)CC1. The van der Waals surface area contributed by atoms with E-state index in [1.165, 1.54) is 0 Å². The molecule has 1 rings (SSSR count). The molecule has 1 aliphatic rings.